The lowest BCUT2D eigenvalue weighted by Crippen LogP contribution is -2.02. The molecule has 0 aliphatic heterocycles. The van der Waals surface area contributed by atoms with Crippen LogP contribution in [0, 0.1) is 6.92 Å². The quantitative estimate of drug-likeness (QED) is 0.892. The highest BCUT2D eigenvalue weighted by atomic mass is 79.9. The molecule has 0 unspecified atom stereocenters. The van der Waals surface area contributed by atoms with Crippen LogP contribution in [0.4, 0.5) is 11.5 Å². The Kier molecular flexibility index (Phi) is 4.24. The van der Waals surface area contributed by atoms with Crippen molar-refractivity contribution < 1.29 is 14.6 Å². The minimum absolute atomic E-state index is 0.201. The Labute approximate surface area is 124 Å². The van der Waals surface area contributed by atoms with E-state index in [4.69, 9.17) is 9.84 Å². The molecule has 5 nitrogen and oxygen atoms in total. The molecule has 0 saturated heterocycles. The number of aromatic nitrogens is 1. The molecule has 20 heavy (non-hydrogen) atoms. The van der Waals surface area contributed by atoms with Crippen LogP contribution in [-0.2, 0) is 0 Å². The third kappa shape index (κ3) is 3.27. The standard InChI is InChI=1S/C14H13BrN2O3/c1-8-5-9(14(18)19)6-13(16-8)17-10-3-4-12(20-2)11(15)7-10/h3-7H,1-2H3,(H,16,17)(H,18,19). The topological polar surface area (TPSA) is 71.5 Å². The van der Waals surface area contributed by atoms with Gasteiger partial charge in [0.1, 0.15) is 11.6 Å². The summed E-state index contributed by atoms with van der Waals surface area (Å²) >= 11 is 3.39. The summed E-state index contributed by atoms with van der Waals surface area (Å²) in [6.45, 7) is 1.75. The molecule has 0 spiro atoms. The third-order valence-corrected chi connectivity index (χ3v) is 3.24. The van der Waals surface area contributed by atoms with Crippen LogP contribution in [0.2, 0.25) is 0 Å². The Hall–Kier alpha value is -2.08. The molecule has 1 aromatic carbocycles. The summed E-state index contributed by atoms with van der Waals surface area (Å²) in [6, 6.07) is 8.49. The second-order valence-corrected chi connectivity index (χ2v) is 5.02. The van der Waals surface area contributed by atoms with Crippen LogP contribution < -0.4 is 10.1 Å². The van der Waals surface area contributed by atoms with Crippen LogP contribution in [0.3, 0.4) is 0 Å². The van der Waals surface area contributed by atoms with Gasteiger partial charge in [-0.3, -0.25) is 0 Å². The number of ether oxygens (including phenoxy) is 1. The van der Waals surface area contributed by atoms with Gasteiger partial charge in [-0.2, -0.15) is 0 Å². The van der Waals surface area contributed by atoms with Crippen LogP contribution in [0.1, 0.15) is 16.1 Å². The molecule has 0 aliphatic carbocycles. The number of carbonyl (C=O) groups is 1. The van der Waals surface area contributed by atoms with Gasteiger partial charge in [-0.1, -0.05) is 0 Å². The number of rotatable bonds is 4. The van der Waals surface area contributed by atoms with Gasteiger partial charge in [0.05, 0.1) is 17.1 Å². The number of anilines is 2. The number of aromatic carboxylic acids is 1. The Morgan fingerprint density at radius 1 is 1.35 bits per heavy atom. The maximum absolute atomic E-state index is 11.0. The minimum Gasteiger partial charge on any atom is -0.496 e. The number of nitrogens with one attached hydrogen (secondary N) is 1. The molecule has 0 aliphatic rings. The lowest BCUT2D eigenvalue weighted by atomic mass is 10.2. The molecule has 2 N–H and O–H groups in total. The summed E-state index contributed by atoms with van der Waals surface area (Å²) in [4.78, 5) is 15.3. The first-order valence-electron chi connectivity index (χ1n) is 5.82. The van der Waals surface area contributed by atoms with Gasteiger partial charge in [0, 0.05) is 11.4 Å². The van der Waals surface area contributed by atoms with Crippen LogP contribution in [0.25, 0.3) is 0 Å². The highest BCUT2D eigenvalue weighted by molar-refractivity contribution is 9.10. The van der Waals surface area contributed by atoms with Crippen molar-refractivity contribution in [1.82, 2.24) is 4.98 Å². The van der Waals surface area contributed by atoms with Crippen molar-refractivity contribution in [2.75, 3.05) is 12.4 Å². The van der Waals surface area contributed by atoms with Gasteiger partial charge in [-0.25, -0.2) is 9.78 Å². The van der Waals surface area contributed by atoms with Crippen molar-refractivity contribution in [3.63, 3.8) is 0 Å². The average Bonchev–Trinajstić information content (AvgIpc) is 2.38. The first-order chi connectivity index (χ1) is 9.49. The summed E-state index contributed by atoms with van der Waals surface area (Å²) in [5, 5.41) is 12.1. The molecule has 1 aromatic heterocycles. The summed E-state index contributed by atoms with van der Waals surface area (Å²) in [6.07, 6.45) is 0. The Bertz CT molecular complexity index is 659. The fraction of sp³-hybridized carbons (Fsp3) is 0.143. The van der Waals surface area contributed by atoms with Crippen molar-refractivity contribution in [3.05, 3.63) is 46.1 Å². The fourth-order valence-electron chi connectivity index (χ4n) is 1.75. The maximum atomic E-state index is 11.0. The SMILES string of the molecule is COc1ccc(Nc2cc(C(=O)O)cc(C)n2)cc1Br. The molecule has 2 rings (SSSR count). The van der Waals surface area contributed by atoms with E-state index in [1.54, 1.807) is 20.1 Å². The Morgan fingerprint density at radius 3 is 2.70 bits per heavy atom. The van der Waals surface area contributed by atoms with E-state index in [2.05, 4.69) is 26.2 Å². The second kappa shape index (κ2) is 5.92. The molecule has 0 atom stereocenters. The largest absolute Gasteiger partial charge is 0.496 e. The van der Waals surface area contributed by atoms with E-state index in [0.717, 1.165) is 15.9 Å². The molecule has 0 radical (unpaired) electrons. The van der Waals surface area contributed by atoms with E-state index >= 15 is 0 Å². The lowest BCUT2D eigenvalue weighted by Gasteiger charge is -2.10. The Morgan fingerprint density at radius 2 is 2.10 bits per heavy atom. The van der Waals surface area contributed by atoms with Crippen LogP contribution >= 0.6 is 15.9 Å². The zero-order chi connectivity index (χ0) is 14.7. The van der Waals surface area contributed by atoms with Crippen LogP contribution in [0.5, 0.6) is 5.75 Å². The van der Waals surface area contributed by atoms with Crippen LogP contribution in [0.15, 0.2) is 34.8 Å². The van der Waals surface area contributed by atoms with Crippen molar-refractivity contribution in [2.45, 2.75) is 6.92 Å². The Balaban J connectivity index is 2.30. The highest BCUT2D eigenvalue weighted by Crippen LogP contribution is 2.29. The van der Waals surface area contributed by atoms with Crippen molar-refractivity contribution in [1.29, 1.82) is 0 Å². The van der Waals surface area contributed by atoms with Gasteiger partial charge in [-0.05, 0) is 53.2 Å². The molecule has 2 aromatic rings. The molecule has 6 heteroatoms. The van der Waals surface area contributed by atoms with Gasteiger partial charge in [-0.15, -0.1) is 0 Å². The second-order valence-electron chi connectivity index (χ2n) is 4.16. The summed E-state index contributed by atoms with van der Waals surface area (Å²) < 4.78 is 5.95. The van der Waals surface area contributed by atoms with E-state index in [9.17, 15) is 4.79 Å². The molecule has 0 amide bonds. The number of carboxylic acid groups (broad SMARTS) is 1. The number of methoxy groups -OCH3 is 1. The highest BCUT2D eigenvalue weighted by Gasteiger charge is 2.08. The number of aryl methyl sites for hydroxylation is 1. The van der Waals surface area contributed by atoms with Crippen LogP contribution in [-0.4, -0.2) is 23.2 Å². The molecule has 104 valence electrons. The number of benzene rings is 1. The minimum atomic E-state index is -0.977. The van der Waals surface area contributed by atoms with Gasteiger partial charge >= 0.3 is 5.97 Å². The summed E-state index contributed by atoms with van der Waals surface area (Å²) in [5.41, 5.74) is 1.62. The summed E-state index contributed by atoms with van der Waals surface area (Å²) in [5.74, 6) is 0.230. The smallest absolute Gasteiger partial charge is 0.335 e. The third-order valence-electron chi connectivity index (χ3n) is 2.62. The first kappa shape index (κ1) is 14.3. The normalized spacial score (nSPS) is 10.2. The number of pyridine rings is 1. The van der Waals surface area contributed by atoms with Gasteiger partial charge in [0.15, 0.2) is 0 Å². The number of halogens is 1. The van der Waals surface area contributed by atoms with Gasteiger partial charge in [0.25, 0.3) is 0 Å². The maximum Gasteiger partial charge on any atom is 0.335 e. The zero-order valence-electron chi connectivity index (χ0n) is 11.0. The average molecular weight is 337 g/mol. The number of nitrogens with zero attached hydrogens (tertiary/aromatic N) is 1. The van der Waals surface area contributed by atoms with E-state index < -0.39 is 5.97 Å². The zero-order valence-corrected chi connectivity index (χ0v) is 12.6. The predicted octanol–water partition coefficient (Wildman–Crippen LogP) is 3.60. The predicted molar refractivity (Wildman–Crippen MR) is 79.9 cm³/mol. The molecule has 0 saturated carbocycles. The molecule has 1 heterocycles. The summed E-state index contributed by atoms with van der Waals surface area (Å²) in [7, 11) is 1.59. The first-order valence-corrected chi connectivity index (χ1v) is 6.61. The monoisotopic (exact) mass is 336 g/mol. The number of carboxylic acids is 1. The number of hydrogen-bond donors (Lipinski definition) is 2. The molecular weight excluding hydrogens is 324 g/mol. The number of hydrogen-bond acceptors (Lipinski definition) is 4. The lowest BCUT2D eigenvalue weighted by molar-refractivity contribution is 0.0696. The van der Waals surface area contributed by atoms with Gasteiger partial charge in [0.2, 0.25) is 0 Å². The van der Waals surface area contributed by atoms with E-state index in [1.165, 1.54) is 12.1 Å². The molecular formula is C14H13BrN2O3. The van der Waals surface area contributed by atoms with E-state index in [0.29, 0.717) is 11.5 Å². The van der Waals surface area contributed by atoms with Crippen molar-refractivity contribution in [2.24, 2.45) is 0 Å². The van der Waals surface area contributed by atoms with Crippen molar-refractivity contribution in [3.8, 4) is 5.75 Å². The van der Waals surface area contributed by atoms with Gasteiger partial charge < -0.3 is 15.2 Å². The fourth-order valence-corrected chi connectivity index (χ4v) is 2.29. The van der Waals surface area contributed by atoms with E-state index in [1.807, 2.05) is 12.1 Å². The molecule has 0 bridgehead atoms. The van der Waals surface area contributed by atoms with E-state index in [-0.39, 0.29) is 5.56 Å². The molecule has 0 fully saturated rings. The van der Waals surface area contributed by atoms with Crippen molar-refractivity contribution >= 4 is 33.4 Å².